The van der Waals surface area contributed by atoms with Crippen LogP contribution in [0.25, 0.3) is 0 Å². The topological polar surface area (TPSA) is 35.2 Å². The first-order valence-electron chi connectivity index (χ1n) is 4.02. The van der Waals surface area contributed by atoms with Gasteiger partial charge in [0.15, 0.2) is 0 Å². The lowest BCUT2D eigenvalue weighted by Crippen LogP contribution is -1.97. The lowest BCUT2D eigenvalue weighted by molar-refractivity contribution is 0.313. The molecule has 0 aromatic heterocycles. The molecule has 0 amide bonds. The van der Waals surface area contributed by atoms with E-state index >= 15 is 0 Å². The number of nitrogens with two attached hydrogens (primary N) is 1. The molecule has 0 unspecified atom stereocenters. The second kappa shape index (κ2) is 4.86. The van der Waals surface area contributed by atoms with Gasteiger partial charge in [-0.25, -0.2) is 0 Å². The maximum atomic E-state index is 5.64. The molecule has 0 aliphatic carbocycles. The molecule has 0 saturated heterocycles. The second-order valence-electron chi connectivity index (χ2n) is 2.66. The summed E-state index contributed by atoms with van der Waals surface area (Å²) in [4.78, 5) is 0. The monoisotopic (exact) mass is 307 g/mol. The number of ether oxygens (including phenoxy) is 1. The van der Waals surface area contributed by atoms with Crippen molar-refractivity contribution in [2.45, 2.75) is 13.3 Å². The van der Waals surface area contributed by atoms with Gasteiger partial charge in [0.05, 0.1) is 15.6 Å². The van der Waals surface area contributed by atoms with Crippen molar-refractivity contribution in [3.63, 3.8) is 0 Å². The van der Waals surface area contributed by atoms with Crippen LogP contribution in [0, 0.1) is 0 Å². The van der Waals surface area contributed by atoms with Crippen LogP contribution in [-0.2, 0) is 0 Å². The molecule has 0 heterocycles. The van der Waals surface area contributed by atoms with Crippen molar-refractivity contribution in [1.29, 1.82) is 0 Å². The largest absolute Gasteiger partial charge is 0.491 e. The molecular weight excluding hydrogens is 298 g/mol. The Bertz CT molecular complexity index is 279. The first-order chi connectivity index (χ1) is 6.15. The Morgan fingerprint density at radius 3 is 2.31 bits per heavy atom. The fourth-order valence-electron chi connectivity index (χ4n) is 0.922. The third-order valence-electron chi connectivity index (χ3n) is 1.47. The lowest BCUT2D eigenvalue weighted by Gasteiger charge is -2.09. The van der Waals surface area contributed by atoms with Gasteiger partial charge in [0.2, 0.25) is 0 Å². The summed E-state index contributed by atoms with van der Waals surface area (Å²) >= 11 is 6.79. The smallest absolute Gasteiger partial charge is 0.147 e. The van der Waals surface area contributed by atoms with Gasteiger partial charge in [0, 0.05) is 5.69 Å². The van der Waals surface area contributed by atoms with E-state index in [2.05, 4.69) is 38.8 Å². The van der Waals surface area contributed by atoms with E-state index < -0.39 is 0 Å². The minimum absolute atomic E-state index is 0.709. The van der Waals surface area contributed by atoms with Gasteiger partial charge in [-0.15, -0.1) is 0 Å². The lowest BCUT2D eigenvalue weighted by atomic mass is 10.3. The van der Waals surface area contributed by atoms with Crippen LogP contribution in [0.4, 0.5) is 5.69 Å². The average Bonchev–Trinajstić information content (AvgIpc) is 2.02. The van der Waals surface area contributed by atoms with E-state index in [0.717, 1.165) is 21.1 Å². The van der Waals surface area contributed by atoms with E-state index in [4.69, 9.17) is 10.5 Å². The SMILES string of the molecule is CCCOc1c(Br)cc(N)cc1Br. The summed E-state index contributed by atoms with van der Waals surface area (Å²) in [5.74, 6) is 0.816. The van der Waals surface area contributed by atoms with Crippen LogP contribution in [-0.4, -0.2) is 6.61 Å². The molecule has 2 N–H and O–H groups in total. The van der Waals surface area contributed by atoms with Crippen LogP contribution in [0.3, 0.4) is 0 Å². The van der Waals surface area contributed by atoms with E-state index in [9.17, 15) is 0 Å². The number of benzene rings is 1. The quantitative estimate of drug-likeness (QED) is 0.866. The van der Waals surface area contributed by atoms with Crippen LogP contribution in [0.1, 0.15) is 13.3 Å². The fraction of sp³-hybridized carbons (Fsp3) is 0.333. The molecule has 0 atom stereocenters. The minimum Gasteiger partial charge on any atom is -0.491 e. The highest BCUT2D eigenvalue weighted by Gasteiger charge is 2.06. The Hall–Kier alpha value is -0.220. The summed E-state index contributed by atoms with van der Waals surface area (Å²) in [5, 5.41) is 0. The summed E-state index contributed by atoms with van der Waals surface area (Å²) in [7, 11) is 0. The predicted octanol–water partition coefficient (Wildman–Crippen LogP) is 3.58. The maximum absolute atomic E-state index is 5.64. The number of hydrogen-bond acceptors (Lipinski definition) is 2. The molecule has 0 fully saturated rings. The van der Waals surface area contributed by atoms with Crippen molar-refractivity contribution in [3.8, 4) is 5.75 Å². The van der Waals surface area contributed by atoms with Gasteiger partial charge < -0.3 is 10.5 Å². The normalized spacial score (nSPS) is 10.1. The van der Waals surface area contributed by atoms with Crippen molar-refractivity contribution in [2.75, 3.05) is 12.3 Å². The van der Waals surface area contributed by atoms with E-state index in [1.165, 1.54) is 0 Å². The van der Waals surface area contributed by atoms with Crippen LogP contribution in [0.5, 0.6) is 5.75 Å². The molecule has 0 spiro atoms. The number of anilines is 1. The number of hydrogen-bond donors (Lipinski definition) is 1. The summed E-state index contributed by atoms with van der Waals surface area (Å²) < 4.78 is 7.29. The zero-order valence-corrected chi connectivity index (χ0v) is 10.5. The van der Waals surface area contributed by atoms with Crippen LogP contribution in [0.15, 0.2) is 21.1 Å². The van der Waals surface area contributed by atoms with Crippen molar-refractivity contribution in [3.05, 3.63) is 21.1 Å². The van der Waals surface area contributed by atoms with Crippen LogP contribution in [0.2, 0.25) is 0 Å². The van der Waals surface area contributed by atoms with E-state index in [-0.39, 0.29) is 0 Å². The average molecular weight is 309 g/mol. The van der Waals surface area contributed by atoms with Gasteiger partial charge in [0.25, 0.3) is 0 Å². The third kappa shape index (κ3) is 2.88. The van der Waals surface area contributed by atoms with Crippen molar-refractivity contribution in [1.82, 2.24) is 0 Å². The van der Waals surface area contributed by atoms with Crippen LogP contribution < -0.4 is 10.5 Å². The molecule has 0 saturated carbocycles. The number of rotatable bonds is 3. The molecule has 1 aromatic rings. The first-order valence-corrected chi connectivity index (χ1v) is 5.61. The van der Waals surface area contributed by atoms with E-state index in [0.29, 0.717) is 12.3 Å². The van der Waals surface area contributed by atoms with Gasteiger partial charge >= 0.3 is 0 Å². The summed E-state index contributed by atoms with van der Waals surface area (Å²) in [5.41, 5.74) is 6.35. The van der Waals surface area contributed by atoms with Crippen molar-refractivity contribution >= 4 is 37.5 Å². The van der Waals surface area contributed by atoms with Crippen LogP contribution >= 0.6 is 31.9 Å². The van der Waals surface area contributed by atoms with E-state index in [1.807, 2.05) is 12.1 Å². The fourth-order valence-corrected chi connectivity index (χ4v) is 2.37. The Labute approximate surface area is 94.7 Å². The zero-order valence-electron chi connectivity index (χ0n) is 7.31. The zero-order chi connectivity index (χ0) is 9.84. The predicted molar refractivity (Wildman–Crippen MR) is 62.0 cm³/mol. The number of nitrogen functional groups attached to an aromatic ring is 1. The Kier molecular flexibility index (Phi) is 4.06. The van der Waals surface area contributed by atoms with Crippen molar-refractivity contribution in [2.24, 2.45) is 0 Å². The third-order valence-corrected chi connectivity index (χ3v) is 2.65. The Balaban J connectivity index is 2.92. The second-order valence-corrected chi connectivity index (χ2v) is 4.37. The highest BCUT2D eigenvalue weighted by molar-refractivity contribution is 9.11. The summed E-state index contributed by atoms with van der Waals surface area (Å²) in [6.45, 7) is 2.78. The molecule has 0 aliphatic heterocycles. The Morgan fingerprint density at radius 2 is 1.85 bits per heavy atom. The minimum atomic E-state index is 0.709. The van der Waals surface area contributed by atoms with Gasteiger partial charge in [-0.1, -0.05) is 6.92 Å². The molecule has 4 heteroatoms. The van der Waals surface area contributed by atoms with Gasteiger partial charge in [0.1, 0.15) is 5.75 Å². The summed E-state index contributed by atoms with van der Waals surface area (Å²) in [6.07, 6.45) is 0.989. The maximum Gasteiger partial charge on any atom is 0.147 e. The summed E-state index contributed by atoms with van der Waals surface area (Å²) in [6, 6.07) is 3.66. The molecule has 1 rings (SSSR count). The van der Waals surface area contributed by atoms with E-state index in [1.54, 1.807) is 0 Å². The standard InChI is InChI=1S/C9H11Br2NO/c1-2-3-13-9-7(10)4-6(12)5-8(9)11/h4-5H,2-3,12H2,1H3. The number of halogens is 2. The Morgan fingerprint density at radius 1 is 1.31 bits per heavy atom. The molecule has 0 radical (unpaired) electrons. The highest BCUT2D eigenvalue weighted by Crippen LogP contribution is 2.35. The molecule has 72 valence electrons. The van der Waals surface area contributed by atoms with Gasteiger partial charge in [-0.2, -0.15) is 0 Å². The van der Waals surface area contributed by atoms with Gasteiger partial charge in [-0.3, -0.25) is 0 Å². The molecular formula is C9H11Br2NO. The molecule has 1 aromatic carbocycles. The molecule has 13 heavy (non-hydrogen) atoms. The molecule has 0 aliphatic rings. The molecule has 2 nitrogen and oxygen atoms in total. The highest BCUT2D eigenvalue weighted by atomic mass is 79.9. The van der Waals surface area contributed by atoms with Gasteiger partial charge in [-0.05, 0) is 50.4 Å². The van der Waals surface area contributed by atoms with Crippen molar-refractivity contribution < 1.29 is 4.74 Å². The first kappa shape index (κ1) is 10.9. The molecule has 0 bridgehead atoms.